The van der Waals surface area contributed by atoms with E-state index < -0.39 is 6.04 Å². The van der Waals surface area contributed by atoms with Gasteiger partial charge in [-0.2, -0.15) is 0 Å². The van der Waals surface area contributed by atoms with Crippen LogP contribution in [0.15, 0.2) is 41.9 Å². The first-order chi connectivity index (χ1) is 9.22. The number of benzene rings is 1. The fourth-order valence-corrected chi connectivity index (χ4v) is 2.59. The summed E-state index contributed by atoms with van der Waals surface area (Å²) in [6.45, 7) is 2.01. The van der Waals surface area contributed by atoms with Gasteiger partial charge in [0.25, 0.3) is 0 Å². The summed E-state index contributed by atoms with van der Waals surface area (Å²) < 4.78 is 0. The van der Waals surface area contributed by atoms with Gasteiger partial charge in [0.05, 0.1) is 6.04 Å². The maximum atomic E-state index is 12.1. The Morgan fingerprint density at radius 1 is 1.42 bits per heavy atom. The van der Waals surface area contributed by atoms with Crippen molar-refractivity contribution in [3.63, 3.8) is 0 Å². The Labute approximate surface area is 116 Å². The molecule has 19 heavy (non-hydrogen) atoms. The van der Waals surface area contributed by atoms with E-state index in [0.717, 1.165) is 17.0 Å². The summed E-state index contributed by atoms with van der Waals surface area (Å²) in [4.78, 5) is 16.4. The Bertz CT molecular complexity index is 513. The molecule has 3 N–H and O–H groups in total. The lowest BCUT2D eigenvalue weighted by atomic mass is 10.1. The minimum atomic E-state index is -0.643. The number of carbonyl (C=O) groups excluding carboxylic acids is 1. The molecule has 2 atom stereocenters. The fourth-order valence-electron chi connectivity index (χ4n) is 1.82. The van der Waals surface area contributed by atoms with E-state index in [1.54, 1.807) is 6.20 Å². The first kappa shape index (κ1) is 13.7. The molecule has 0 aliphatic heterocycles. The van der Waals surface area contributed by atoms with Crippen LogP contribution >= 0.6 is 11.3 Å². The highest BCUT2D eigenvalue weighted by Gasteiger charge is 2.20. The van der Waals surface area contributed by atoms with Crippen LogP contribution < -0.4 is 11.1 Å². The lowest BCUT2D eigenvalue weighted by molar-refractivity contribution is -0.123. The maximum absolute atomic E-state index is 12.1. The summed E-state index contributed by atoms with van der Waals surface area (Å²) in [6.07, 6.45) is 2.53. The first-order valence-electron chi connectivity index (χ1n) is 6.22. The van der Waals surface area contributed by atoms with Gasteiger partial charge in [0.15, 0.2) is 0 Å². The summed E-state index contributed by atoms with van der Waals surface area (Å²) in [6, 6.07) is 8.65. The Hall–Kier alpha value is -1.72. The van der Waals surface area contributed by atoms with Crippen molar-refractivity contribution in [2.24, 2.45) is 5.73 Å². The predicted molar refractivity (Wildman–Crippen MR) is 76.7 cm³/mol. The zero-order chi connectivity index (χ0) is 13.7. The molecular weight excluding hydrogens is 258 g/mol. The Kier molecular flexibility index (Phi) is 4.65. The summed E-state index contributed by atoms with van der Waals surface area (Å²) >= 11 is 1.54. The van der Waals surface area contributed by atoms with Gasteiger partial charge >= 0.3 is 0 Å². The average molecular weight is 275 g/mol. The Morgan fingerprint density at radius 2 is 2.16 bits per heavy atom. The second kappa shape index (κ2) is 6.45. The quantitative estimate of drug-likeness (QED) is 0.880. The van der Waals surface area contributed by atoms with Crippen molar-refractivity contribution in [3.05, 3.63) is 52.5 Å². The van der Waals surface area contributed by atoms with Crippen LogP contribution in [0, 0.1) is 0 Å². The van der Waals surface area contributed by atoms with Crippen LogP contribution in [-0.2, 0) is 4.79 Å². The van der Waals surface area contributed by atoms with E-state index in [-0.39, 0.29) is 11.9 Å². The third kappa shape index (κ3) is 3.39. The van der Waals surface area contributed by atoms with Crippen LogP contribution in [0.1, 0.15) is 36.0 Å². The van der Waals surface area contributed by atoms with E-state index in [1.807, 2.05) is 42.6 Å². The molecule has 5 heteroatoms. The number of nitrogens with one attached hydrogen (secondary N) is 1. The molecule has 0 radical (unpaired) electrons. The summed E-state index contributed by atoms with van der Waals surface area (Å²) in [5, 5.41) is 5.77. The molecule has 0 saturated heterocycles. The molecule has 0 spiro atoms. The molecule has 0 aliphatic carbocycles. The monoisotopic (exact) mass is 275 g/mol. The molecule has 1 heterocycles. The van der Waals surface area contributed by atoms with Crippen molar-refractivity contribution >= 4 is 17.2 Å². The molecule has 1 aromatic heterocycles. The largest absolute Gasteiger partial charge is 0.345 e. The molecule has 100 valence electrons. The lowest BCUT2D eigenvalue weighted by Gasteiger charge is -2.18. The summed E-state index contributed by atoms with van der Waals surface area (Å²) in [7, 11) is 0. The van der Waals surface area contributed by atoms with Crippen LogP contribution in [-0.4, -0.2) is 10.9 Å². The summed E-state index contributed by atoms with van der Waals surface area (Å²) in [5.74, 6) is -0.173. The molecule has 0 aliphatic rings. The normalized spacial score (nSPS) is 13.8. The minimum absolute atomic E-state index is 0.0673. The molecule has 0 saturated carbocycles. The molecule has 1 amide bonds. The smallest absolute Gasteiger partial charge is 0.242 e. The van der Waals surface area contributed by atoms with Gasteiger partial charge < -0.3 is 11.1 Å². The highest BCUT2D eigenvalue weighted by atomic mass is 32.1. The number of nitrogens with two attached hydrogens (primary N) is 1. The summed E-state index contributed by atoms with van der Waals surface area (Å²) in [5.41, 5.74) is 6.78. The number of nitrogens with zero attached hydrogens (tertiary/aromatic N) is 1. The number of aromatic nitrogens is 1. The third-order valence-electron chi connectivity index (χ3n) is 2.92. The van der Waals surface area contributed by atoms with E-state index in [2.05, 4.69) is 10.3 Å². The highest BCUT2D eigenvalue weighted by Crippen LogP contribution is 2.20. The van der Waals surface area contributed by atoms with Gasteiger partial charge in [0, 0.05) is 11.6 Å². The standard InChI is InChI=1S/C14H17N3OS/c1-2-11(14-16-8-9-19-14)17-13(18)12(15)10-6-4-3-5-7-10/h3-9,11-12H,2,15H2,1H3,(H,17,18). The van der Waals surface area contributed by atoms with Gasteiger partial charge in [-0.1, -0.05) is 37.3 Å². The van der Waals surface area contributed by atoms with Crippen molar-refractivity contribution in [3.8, 4) is 0 Å². The van der Waals surface area contributed by atoms with E-state index in [9.17, 15) is 4.79 Å². The van der Waals surface area contributed by atoms with Crippen LogP contribution in [0.3, 0.4) is 0 Å². The molecule has 2 unspecified atom stereocenters. The topological polar surface area (TPSA) is 68.0 Å². The highest BCUT2D eigenvalue weighted by molar-refractivity contribution is 7.09. The predicted octanol–water partition coefficient (Wildman–Crippen LogP) is 2.41. The van der Waals surface area contributed by atoms with Crippen molar-refractivity contribution in [2.45, 2.75) is 25.4 Å². The minimum Gasteiger partial charge on any atom is -0.345 e. The Morgan fingerprint density at radius 3 is 2.74 bits per heavy atom. The van der Waals surface area contributed by atoms with Crippen LogP contribution in [0.25, 0.3) is 0 Å². The number of carbonyl (C=O) groups is 1. The molecule has 2 rings (SSSR count). The number of amides is 1. The second-order valence-electron chi connectivity index (χ2n) is 4.23. The van der Waals surface area contributed by atoms with E-state index in [1.165, 1.54) is 11.3 Å². The zero-order valence-electron chi connectivity index (χ0n) is 10.7. The van der Waals surface area contributed by atoms with Crippen LogP contribution in [0.2, 0.25) is 0 Å². The zero-order valence-corrected chi connectivity index (χ0v) is 11.6. The average Bonchev–Trinajstić information content (AvgIpc) is 2.98. The van der Waals surface area contributed by atoms with E-state index in [0.29, 0.717) is 0 Å². The maximum Gasteiger partial charge on any atom is 0.242 e. The van der Waals surface area contributed by atoms with Crippen LogP contribution in [0.4, 0.5) is 0 Å². The molecule has 1 aromatic carbocycles. The molecule has 4 nitrogen and oxygen atoms in total. The van der Waals surface area contributed by atoms with Gasteiger partial charge in [-0.3, -0.25) is 4.79 Å². The van der Waals surface area contributed by atoms with Gasteiger partial charge in [0.1, 0.15) is 11.0 Å². The fraction of sp³-hybridized carbons (Fsp3) is 0.286. The second-order valence-corrected chi connectivity index (χ2v) is 5.15. The van der Waals surface area contributed by atoms with Gasteiger partial charge in [0.2, 0.25) is 5.91 Å². The number of hydrogen-bond acceptors (Lipinski definition) is 4. The number of rotatable bonds is 5. The van der Waals surface area contributed by atoms with E-state index >= 15 is 0 Å². The first-order valence-corrected chi connectivity index (χ1v) is 7.10. The molecule has 0 fully saturated rings. The van der Waals surface area contributed by atoms with Crippen molar-refractivity contribution in [2.75, 3.05) is 0 Å². The van der Waals surface area contributed by atoms with Crippen LogP contribution in [0.5, 0.6) is 0 Å². The Balaban J connectivity index is 2.04. The van der Waals surface area contributed by atoms with E-state index in [4.69, 9.17) is 5.73 Å². The van der Waals surface area contributed by atoms with Crippen molar-refractivity contribution in [1.29, 1.82) is 0 Å². The molecule has 0 bridgehead atoms. The van der Waals surface area contributed by atoms with Crippen molar-refractivity contribution < 1.29 is 4.79 Å². The molecular formula is C14H17N3OS. The lowest BCUT2D eigenvalue weighted by Crippen LogP contribution is -2.36. The number of thiazole rings is 1. The van der Waals surface area contributed by atoms with Crippen molar-refractivity contribution in [1.82, 2.24) is 10.3 Å². The van der Waals surface area contributed by atoms with Gasteiger partial charge in [-0.25, -0.2) is 4.98 Å². The van der Waals surface area contributed by atoms with Gasteiger partial charge in [-0.05, 0) is 12.0 Å². The molecule has 2 aromatic rings. The number of hydrogen-bond donors (Lipinski definition) is 2. The third-order valence-corrected chi connectivity index (χ3v) is 3.80. The SMILES string of the molecule is CCC(NC(=O)C(N)c1ccccc1)c1nccs1. The van der Waals surface area contributed by atoms with Gasteiger partial charge in [-0.15, -0.1) is 11.3 Å².